The lowest BCUT2D eigenvalue weighted by molar-refractivity contribution is 0.660. The van der Waals surface area contributed by atoms with Crippen LogP contribution >= 0.6 is 0 Å². The first kappa shape index (κ1) is 30.0. The molecule has 0 amide bonds. The second-order valence-corrected chi connectivity index (χ2v) is 14.9. The third-order valence-corrected chi connectivity index (χ3v) is 11.7. The zero-order valence-corrected chi connectivity index (χ0v) is 29.7. The number of aromatic nitrogens is 2. The molecule has 8 aromatic carbocycles. The molecule has 0 saturated heterocycles. The first-order valence-corrected chi connectivity index (χ1v) is 18.5. The summed E-state index contributed by atoms with van der Waals surface area (Å²) in [5.74, 6) is 0. The summed E-state index contributed by atoms with van der Waals surface area (Å²) in [6.07, 6.45) is 0. The topological polar surface area (TPSA) is 9.86 Å². The van der Waals surface area contributed by atoms with E-state index in [0.29, 0.717) is 0 Å². The second kappa shape index (κ2) is 11.2. The third-order valence-electron chi connectivity index (χ3n) is 11.7. The Morgan fingerprint density at radius 2 is 0.962 bits per heavy atom. The van der Waals surface area contributed by atoms with Crippen LogP contribution in [0.1, 0.15) is 25.0 Å². The van der Waals surface area contributed by atoms with Crippen molar-refractivity contribution in [1.29, 1.82) is 0 Å². The highest BCUT2D eigenvalue weighted by atomic mass is 15.0. The number of rotatable bonds is 4. The van der Waals surface area contributed by atoms with Crippen molar-refractivity contribution in [3.8, 4) is 44.8 Å². The van der Waals surface area contributed by atoms with Gasteiger partial charge in [-0.1, -0.05) is 147 Å². The predicted molar refractivity (Wildman–Crippen MR) is 224 cm³/mol. The molecule has 1 aliphatic rings. The van der Waals surface area contributed by atoms with Gasteiger partial charge in [-0.2, -0.15) is 0 Å². The van der Waals surface area contributed by atoms with Crippen molar-refractivity contribution >= 4 is 43.6 Å². The van der Waals surface area contributed by atoms with E-state index in [1.807, 2.05) is 0 Å². The van der Waals surface area contributed by atoms with E-state index < -0.39 is 0 Å². The van der Waals surface area contributed by atoms with Gasteiger partial charge in [0.15, 0.2) is 0 Å². The van der Waals surface area contributed by atoms with Gasteiger partial charge in [0.2, 0.25) is 0 Å². The van der Waals surface area contributed by atoms with Crippen LogP contribution < -0.4 is 0 Å². The van der Waals surface area contributed by atoms with Crippen LogP contribution in [0.15, 0.2) is 182 Å². The molecule has 0 saturated carbocycles. The lowest BCUT2D eigenvalue weighted by atomic mass is 9.82. The normalized spacial score (nSPS) is 13.2. The molecular formula is C51H36N2. The number of hydrogen-bond acceptors (Lipinski definition) is 0. The van der Waals surface area contributed by atoms with Gasteiger partial charge in [-0.05, 0) is 87.5 Å². The predicted octanol–water partition coefficient (Wildman–Crippen LogP) is 13.5. The monoisotopic (exact) mass is 676 g/mol. The van der Waals surface area contributed by atoms with E-state index in [-0.39, 0.29) is 5.41 Å². The molecule has 0 unspecified atom stereocenters. The molecule has 0 bridgehead atoms. The van der Waals surface area contributed by atoms with Crippen LogP contribution in [0.3, 0.4) is 0 Å². The van der Waals surface area contributed by atoms with Crippen molar-refractivity contribution in [1.82, 2.24) is 9.13 Å². The van der Waals surface area contributed by atoms with E-state index >= 15 is 0 Å². The minimum absolute atomic E-state index is 0.0651. The Balaban J connectivity index is 1.12. The van der Waals surface area contributed by atoms with E-state index in [2.05, 4.69) is 205 Å². The maximum Gasteiger partial charge on any atom is 0.0547 e. The molecule has 0 spiro atoms. The summed E-state index contributed by atoms with van der Waals surface area (Å²) >= 11 is 0. The summed E-state index contributed by atoms with van der Waals surface area (Å²) in [5.41, 5.74) is 17.6. The highest BCUT2D eigenvalue weighted by molar-refractivity contribution is 6.17. The van der Waals surface area contributed by atoms with Gasteiger partial charge in [0.1, 0.15) is 0 Å². The molecule has 0 aliphatic heterocycles. The van der Waals surface area contributed by atoms with E-state index in [0.717, 1.165) is 5.69 Å². The number of hydrogen-bond donors (Lipinski definition) is 0. The van der Waals surface area contributed by atoms with E-state index in [1.165, 1.54) is 93.8 Å². The Hall–Kier alpha value is -6.64. The molecule has 53 heavy (non-hydrogen) atoms. The van der Waals surface area contributed by atoms with Gasteiger partial charge in [0.05, 0.1) is 27.8 Å². The third kappa shape index (κ3) is 4.27. The number of fused-ring (bicyclic) bond motifs is 9. The molecule has 0 atom stereocenters. The summed E-state index contributed by atoms with van der Waals surface area (Å²) in [6.45, 7) is 4.72. The summed E-state index contributed by atoms with van der Waals surface area (Å²) in [7, 11) is 0. The van der Waals surface area contributed by atoms with Crippen molar-refractivity contribution < 1.29 is 0 Å². The summed E-state index contributed by atoms with van der Waals surface area (Å²) < 4.78 is 4.92. The van der Waals surface area contributed by atoms with Crippen LogP contribution in [-0.4, -0.2) is 9.13 Å². The van der Waals surface area contributed by atoms with Gasteiger partial charge in [-0.15, -0.1) is 0 Å². The Bertz CT molecular complexity index is 3060. The molecule has 0 N–H and O–H groups in total. The standard InChI is InChI=1S/C51H36N2/c1-51(2)42-20-9-6-17-39(42)50-43(51)21-13-25-48(50)53-45-23-11-8-18-40(45)49-37(19-12-24-47(49)53)35-28-31-46-41(32-35)38-16-7-10-22-44(38)52(46)36-29-26-34(27-30-36)33-14-4-3-5-15-33/h3-32H,1-2H3. The molecule has 2 heterocycles. The Morgan fingerprint density at radius 3 is 1.79 bits per heavy atom. The highest BCUT2D eigenvalue weighted by Gasteiger charge is 2.37. The minimum Gasteiger partial charge on any atom is -0.309 e. The largest absolute Gasteiger partial charge is 0.309 e. The fourth-order valence-electron chi connectivity index (χ4n) is 9.29. The van der Waals surface area contributed by atoms with E-state index in [1.54, 1.807) is 0 Å². The highest BCUT2D eigenvalue weighted by Crippen LogP contribution is 2.52. The van der Waals surface area contributed by atoms with Crippen molar-refractivity contribution in [2.24, 2.45) is 0 Å². The summed E-state index contributed by atoms with van der Waals surface area (Å²) in [6, 6.07) is 67.0. The lowest BCUT2D eigenvalue weighted by Crippen LogP contribution is -2.14. The fraction of sp³-hybridized carbons (Fsp3) is 0.0588. The van der Waals surface area contributed by atoms with Gasteiger partial charge in [-0.25, -0.2) is 0 Å². The van der Waals surface area contributed by atoms with Crippen LogP contribution in [0.4, 0.5) is 0 Å². The molecule has 2 heteroatoms. The molecule has 0 radical (unpaired) electrons. The van der Waals surface area contributed by atoms with Crippen LogP contribution in [0.25, 0.3) is 88.4 Å². The first-order valence-electron chi connectivity index (χ1n) is 18.5. The molecule has 250 valence electrons. The van der Waals surface area contributed by atoms with Crippen LogP contribution in [-0.2, 0) is 5.41 Å². The van der Waals surface area contributed by atoms with Crippen LogP contribution in [0, 0.1) is 0 Å². The Kier molecular flexibility index (Phi) is 6.33. The second-order valence-electron chi connectivity index (χ2n) is 14.9. The molecule has 1 aliphatic carbocycles. The number of nitrogens with zero attached hydrogens (tertiary/aromatic N) is 2. The van der Waals surface area contributed by atoms with E-state index in [4.69, 9.17) is 0 Å². The lowest BCUT2D eigenvalue weighted by Gasteiger charge is -2.21. The van der Waals surface area contributed by atoms with Crippen LogP contribution in [0.5, 0.6) is 0 Å². The fourth-order valence-corrected chi connectivity index (χ4v) is 9.29. The minimum atomic E-state index is -0.0651. The Labute approximate surface area is 308 Å². The molecule has 2 nitrogen and oxygen atoms in total. The number of benzene rings is 8. The smallest absolute Gasteiger partial charge is 0.0547 e. The van der Waals surface area contributed by atoms with Crippen LogP contribution in [0.2, 0.25) is 0 Å². The summed E-state index contributed by atoms with van der Waals surface area (Å²) in [4.78, 5) is 0. The zero-order valence-electron chi connectivity index (χ0n) is 29.7. The maximum atomic E-state index is 2.51. The van der Waals surface area contributed by atoms with Gasteiger partial charge < -0.3 is 9.13 Å². The molecule has 2 aromatic heterocycles. The Morgan fingerprint density at radius 1 is 0.377 bits per heavy atom. The molecular weight excluding hydrogens is 641 g/mol. The molecule has 0 fully saturated rings. The average molecular weight is 677 g/mol. The van der Waals surface area contributed by atoms with E-state index in [9.17, 15) is 0 Å². The van der Waals surface area contributed by atoms with Gasteiger partial charge >= 0.3 is 0 Å². The quantitative estimate of drug-likeness (QED) is 0.176. The molecule has 10 aromatic rings. The molecule has 11 rings (SSSR count). The van der Waals surface area contributed by atoms with Gasteiger partial charge in [-0.3, -0.25) is 0 Å². The van der Waals surface area contributed by atoms with Crippen molar-refractivity contribution in [2.45, 2.75) is 19.3 Å². The average Bonchev–Trinajstić information content (AvgIpc) is 3.81. The first-order chi connectivity index (χ1) is 26.1. The number of para-hydroxylation sites is 2. The van der Waals surface area contributed by atoms with Gasteiger partial charge in [0.25, 0.3) is 0 Å². The van der Waals surface area contributed by atoms with Crippen molar-refractivity contribution in [3.05, 3.63) is 193 Å². The van der Waals surface area contributed by atoms with Crippen molar-refractivity contribution in [2.75, 3.05) is 0 Å². The maximum absolute atomic E-state index is 2.51. The zero-order chi connectivity index (χ0) is 35.3. The van der Waals surface area contributed by atoms with Crippen molar-refractivity contribution in [3.63, 3.8) is 0 Å². The SMILES string of the molecule is CC1(C)c2ccccc2-c2c(-n3c4ccccc4c4c(-c5ccc6c(c5)c5ccccc5n6-c5ccc(-c6ccccc6)cc5)cccc43)cccc21. The summed E-state index contributed by atoms with van der Waals surface area (Å²) in [5, 5.41) is 5.06. The van der Waals surface area contributed by atoms with Gasteiger partial charge in [0, 0.05) is 38.2 Å².